The summed E-state index contributed by atoms with van der Waals surface area (Å²) in [6, 6.07) is 41.1. The van der Waals surface area contributed by atoms with Crippen molar-refractivity contribution in [3.63, 3.8) is 0 Å². The fourth-order valence-corrected chi connectivity index (χ4v) is 6.00. The summed E-state index contributed by atoms with van der Waals surface area (Å²) in [5, 5.41) is 28.2. The van der Waals surface area contributed by atoms with Crippen LogP contribution >= 0.6 is 0 Å². The molecule has 0 aromatic heterocycles. The molecule has 0 heterocycles. The van der Waals surface area contributed by atoms with Crippen molar-refractivity contribution in [3.8, 4) is 0 Å². The average Bonchev–Trinajstić information content (AvgIpc) is 2.92. The predicted molar refractivity (Wildman–Crippen MR) is 161 cm³/mol. The molecule has 0 unspecified atom stereocenters. The zero-order valence-electron chi connectivity index (χ0n) is 20.3. The minimum atomic E-state index is -1.06. The summed E-state index contributed by atoms with van der Waals surface area (Å²) in [6.45, 7) is 0. The molecule has 0 fully saturated rings. The first kappa shape index (κ1) is 21.0. The van der Waals surface area contributed by atoms with E-state index < -0.39 is 6.09 Å². The Kier molecular flexibility index (Phi) is 4.24. The van der Waals surface area contributed by atoms with Crippen molar-refractivity contribution < 1.29 is 9.90 Å². The van der Waals surface area contributed by atoms with Crippen LogP contribution < -0.4 is 5.32 Å². The van der Waals surface area contributed by atoms with Gasteiger partial charge in [-0.2, -0.15) is 0 Å². The Morgan fingerprint density at radius 2 is 0.816 bits per heavy atom. The van der Waals surface area contributed by atoms with Gasteiger partial charge in [0.2, 0.25) is 0 Å². The van der Waals surface area contributed by atoms with Gasteiger partial charge in [-0.1, -0.05) is 48.5 Å². The normalized spacial score (nSPS) is 11.9. The van der Waals surface area contributed by atoms with Crippen LogP contribution in [-0.4, -0.2) is 11.2 Å². The van der Waals surface area contributed by atoms with E-state index in [1.807, 2.05) is 12.1 Å². The molecule has 0 aliphatic rings. The van der Waals surface area contributed by atoms with Gasteiger partial charge in [-0.15, -0.1) is 0 Å². The lowest BCUT2D eigenvalue weighted by Crippen LogP contribution is -2.07. The molecule has 0 spiro atoms. The number of carboxylic acid groups (broad SMARTS) is 1. The molecule has 0 saturated carbocycles. The summed E-state index contributed by atoms with van der Waals surface area (Å²) < 4.78 is 0. The van der Waals surface area contributed by atoms with E-state index in [1.165, 1.54) is 53.9 Å². The van der Waals surface area contributed by atoms with Gasteiger partial charge in [-0.3, -0.25) is 5.32 Å². The van der Waals surface area contributed by atoms with Crippen molar-refractivity contribution in [1.29, 1.82) is 0 Å². The van der Waals surface area contributed by atoms with Crippen molar-refractivity contribution in [3.05, 3.63) is 115 Å². The second-order valence-corrected chi connectivity index (χ2v) is 10.1. The third-order valence-electron chi connectivity index (χ3n) is 7.81. The summed E-state index contributed by atoms with van der Waals surface area (Å²) in [6.07, 6.45) is -1.06. The Balaban J connectivity index is 1.40. The quantitative estimate of drug-likeness (QED) is 0.179. The number of fused-ring (bicyclic) bond motifs is 8. The van der Waals surface area contributed by atoms with E-state index in [1.54, 1.807) is 6.07 Å². The molecule has 8 rings (SSSR count). The van der Waals surface area contributed by atoms with Crippen LogP contribution in [0.2, 0.25) is 0 Å². The molecule has 1 amide bonds. The molecule has 0 aliphatic carbocycles. The van der Waals surface area contributed by atoms with Crippen LogP contribution in [0, 0.1) is 0 Å². The smallest absolute Gasteiger partial charge is 0.409 e. The fourth-order valence-electron chi connectivity index (χ4n) is 6.00. The fraction of sp³-hybridized carbons (Fsp3) is 0. The van der Waals surface area contributed by atoms with Crippen LogP contribution in [0.25, 0.3) is 75.4 Å². The minimum absolute atomic E-state index is 0.598. The van der Waals surface area contributed by atoms with E-state index in [-0.39, 0.29) is 0 Å². The van der Waals surface area contributed by atoms with Gasteiger partial charge in [0.05, 0.1) is 5.69 Å². The summed E-state index contributed by atoms with van der Waals surface area (Å²) in [5.41, 5.74) is 0.598. The molecule has 2 N–H and O–H groups in total. The van der Waals surface area contributed by atoms with Crippen LogP contribution in [0.1, 0.15) is 0 Å². The van der Waals surface area contributed by atoms with Crippen LogP contribution in [0.4, 0.5) is 10.5 Å². The second kappa shape index (κ2) is 7.67. The number of anilines is 1. The SMILES string of the molecule is O=C(O)Nc1cccc2cc3cc4ccc5cc6cc7cc8ccccc8cc7cc6cc5c4cc3cc12. The van der Waals surface area contributed by atoms with Crippen molar-refractivity contribution in [2.75, 3.05) is 5.32 Å². The van der Waals surface area contributed by atoms with Crippen molar-refractivity contribution in [1.82, 2.24) is 0 Å². The first-order chi connectivity index (χ1) is 18.6. The first-order valence-corrected chi connectivity index (χ1v) is 12.7. The average molecular weight is 488 g/mol. The molecule has 8 aromatic carbocycles. The zero-order chi connectivity index (χ0) is 25.4. The predicted octanol–water partition coefficient (Wildman–Crippen LogP) is 9.85. The number of benzene rings is 8. The third kappa shape index (κ3) is 3.19. The third-order valence-corrected chi connectivity index (χ3v) is 7.81. The van der Waals surface area contributed by atoms with Gasteiger partial charge in [-0.05, 0) is 137 Å². The largest absolute Gasteiger partial charge is 0.465 e. The van der Waals surface area contributed by atoms with Crippen molar-refractivity contribution >= 4 is 87.2 Å². The van der Waals surface area contributed by atoms with E-state index in [9.17, 15) is 9.90 Å². The highest BCUT2D eigenvalue weighted by Crippen LogP contribution is 2.36. The lowest BCUT2D eigenvalue weighted by Gasteiger charge is -2.12. The first-order valence-electron chi connectivity index (χ1n) is 12.7. The number of hydrogen-bond acceptors (Lipinski definition) is 1. The Morgan fingerprint density at radius 3 is 1.37 bits per heavy atom. The minimum Gasteiger partial charge on any atom is -0.465 e. The zero-order valence-corrected chi connectivity index (χ0v) is 20.3. The molecule has 0 atom stereocenters. The maximum Gasteiger partial charge on any atom is 0.409 e. The highest BCUT2D eigenvalue weighted by Gasteiger charge is 2.10. The van der Waals surface area contributed by atoms with Gasteiger partial charge in [0, 0.05) is 5.39 Å². The number of hydrogen-bond donors (Lipinski definition) is 2. The monoisotopic (exact) mass is 487 g/mol. The number of carbonyl (C=O) groups is 1. The number of nitrogens with one attached hydrogen (secondary N) is 1. The van der Waals surface area contributed by atoms with E-state index in [0.717, 1.165) is 21.5 Å². The van der Waals surface area contributed by atoms with Crippen LogP contribution in [0.15, 0.2) is 115 Å². The van der Waals surface area contributed by atoms with Gasteiger partial charge in [0.1, 0.15) is 0 Å². The molecular weight excluding hydrogens is 466 g/mol. The van der Waals surface area contributed by atoms with E-state index >= 15 is 0 Å². The molecule has 0 saturated heterocycles. The Morgan fingerprint density at radius 1 is 0.421 bits per heavy atom. The van der Waals surface area contributed by atoms with Crippen LogP contribution in [-0.2, 0) is 0 Å². The molecule has 3 nitrogen and oxygen atoms in total. The van der Waals surface area contributed by atoms with Crippen molar-refractivity contribution in [2.24, 2.45) is 0 Å². The van der Waals surface area contributed by atoms with Gasteiger partial charge in [-0.25, -0.2) is 4.79 Å². The maximum absolute atomic E-state index is 11.3. The molecule has 178 valence electrons. The van der Waals surface area contributed by atoms with Crippen LogP contribution in [0.5, 0.6) is 0 Å². The van der Waals surface area contributed by atoms with Gasteiger partial charge in [0.25, 0.3) is 0 Å². The molecule has 8 aromatic rings. The maximum atomic E-state index is 11.3. The molecular formula is C35H21NO2. The van der Waals surface area contributed by atoms with Crippen molar-refractivity contribution in [2.45, 2.75) is 0 Å². The summed E-state index contributed by atoms with van der Waals surface area (Å²) in [4.78, 5) is 11.3. The van der Waals surface area contributed by atoms with Gasteiger partial charge < -0.3 is 5.11 Å². The van der Waals surface area contributed by atoms with Gasteiger partial charge in [0.15, 0.2) is 0 Å². The molecule has 0 bridgehead atoms. The summed E-state index contributed by atoms with van der Waals surface area (Å²) >= 11 is 0. The number of amides is 1. The molecule has 0 radical (unpaired) electrons. The Labute approximate surface area is 217 Å². The number of rotatable bonds is 1. The standard InChI is InChI=1S/C35H21NO2/c37-35(38)36-34-7-3-6-22-12-27-13-23-8-9-24-14-28-15-25-10-20-4-1-2-5-21(20)11-26(25)16-29(28)17-31(24)32(23)18-30(27)19-33(22)34/h1-19,36H,(H,37,38). The van der Waals surface area contributed by atoms with E-state index in [4.69, 9.17) is 0 Å². The van der Waals surface area contributed by atoms with Crippen LogP contribution in [0.3, 0.4) is 0 Å². The Bertz CT molecular complexity index is 2300. The summed E-state index contributed by atoms with van der Waals surface area (Å²) in [7, 11) is 0. The highest BCUT2D eigenvalue weighted by molar-refractivity contribution is 6.18. The topological polar surface area (TPSA) is 49.3 Å². The molecule has 0 aliphatic heterocycles. The van der Waals surface area contributed by atoms with Gasteiger partial charge >= 0.3 is 6.09 Å². The molecule has 3 heteroatoms. The highest BCUT2D eigenvalue weighted by atomic mass is 16.4. The Hall–Kier alpha value is -5.15. The van der Waals surface area contributed by atoms with E-state index in [2.05, 4.69) is 102 Å². The lowest BCUT2D eigenvalue weighted by atomic mass is 9.93. The van der Waals surface area contributed by atoms with E-state index in [0.29, 0.717) is 5.69 Å². The molecule has 38 heavy (non-hydrogen) atoms. The lowest BCUT2D eigenvalue weighted by molar-refractivity contribution is 0.210. The second-order valence-electron chi connectivity index (χ2n) is 10.1. The summed E-state index contributed by atoms with van der Waals surface area (Å²) in [5.74, 6) is 0.